The minimum Gasteiger partial charge on any atom is -0.494 e. The van der Waals surface area contributed by atoms with Gasteiger partial charge in [-0.05, 0) is 57.5 Å². The Morgan fingerprint density at radius 2 is 2.00 bits per heavy atom. The third-order valence-corrected chi connectivity index (χ3v) is 4.07. The molecule has 1 fully saturated rings. The summed E-state index contributed by atoms with van der Waals surface area (Å²) in [6.45, 7) is 2.80. The van der Waals surface area contributed by atoms with Gasteiger partial charge in [0.15, 0.2) is 0 Å². The fourth-order valence-electron chi connectivity index (χ4n) is 2.83. The van der Waals surface area contributed by atoms with Crippen LogP contribution in [0.25, 0.3) is 0 Å². The van der Waals surface area contributed by atoms with Crippen molar-refractivity contribution in [1.82, 2.24) is 5.32 Å². The van der Waals surface area contributed by atoms with Gasteiger partial charge in [0.2, 0.25) is 0 Å². The highest BCUT2D eigenvalue weighted by Gasteiger charge is 2.35. The van der Waals surface area contributed by atoms with Crippen LogP contribution < -0.4 is 14.8 Å². The Balaban J connectivity index is 1.95. The van der Waals surface area contributed by atoms with Crippen molar-refractivity contribution in [3.05, 3.63) is 24.3 Å². The quantitative estimate of drug-likeness (QED) is 0.839. The van der Waals surface area contributed by atoms with Gasteiger partial charge in [0.1, 0.15) is 17.6 Å². The van der Waals surface area contributed by atoms with Crippen molar-refractivity contribution >= 4 is 0 Å². The lowest BCUT2D eigenvalue weighted by atomic mass is 9.81. The SMILES string of the molecule is CCOc1ccc(OC2CCCC(CO)(NC)C2)cc1. The average molecular weight is 279 g/mol. The van der Waals surface area contributed by atoms with E-state index in [1.54, 1.807) is 0 Å². The summed E-state index contributed by atoms with van der Waals surface area (Å²) >= 11 is 0. The van der Waals surface area contributed by atoms with Gasteiger partial charge in [-0.15, -0.1) is 0 Å². The Morgan fingerprint density at radius 1 is 1.30 bits per heavy atom. The molecule has 0 amide bonds. The van der Waals surface area contributed by atoms with E-state index in [4.69, 9.17) is 9.47 Å². The molecule has 1 aromatic rings. The fourth-order valence-corrected chi connectivity index (χ4v) is 2.83. The van der Waals surface area contributed by atoms with E-state index in [9.17, 15) is 5.11 Å². The molecular formula is C16H25NO3. The third kappa shape index (κ3) is 3.64. The van der Waals surface area contributed by atoms with Gasteiger partial charge < -0.3 is 19.9 Å². The predicted octanol–water partition coefficient (Wildman–Crippen LogP) is 2.36. The Kier molecular flexibility index (Phi) is 5.26. The van der Waals surface area contributed by atoms with Crippen LogP contribution in [-0.2, 0) is 0 Å². The standard InChI is InChI=1S/C16H25NO3/c1-3-19-13-6-8-14(9-7-13)20-15-5-4-10-16(11-15,12-18)17-2/h6-9,15,17-18H,3-5,10-12H2,1-2H3. The highest BCUT2D eigenvalue weighted by atomic mass is 16.5. The summed E-state index contributed by atoms with van der Waals surface area (Å²) in [5, 5.41) is 12.8. The molecule has 2 rings (SSSR count). The van der Waals surface area contributed by atoms with Crippen molar-refractivity contribution in [2.45, 2.75) is 44.2 Å². The summed E-state index contributed by atoms with van der Waals surface area (Å²) in [5.74, 6) is 1.73. The molecular weight excluding hydrogens is 254 g/mol. The maximum absolute atomic E-state index is 9.59. The molecule has 112 valence electrons. The number of nitrogens with one attached hydrogen (secondary N) is 1. The van der Waals surface area contributed by atoms with Crippen LogP contribution in [0.2, 0.25) is 0 Å². The minimum absolute atomic E-state index is 0.154. The number of aliphatic hydroxyl groups excluding tert-OH is 1. The Labute approximate surface area is 121 Å². The molecule has 4 nitrogen and oxygen atoms in total. The van der Waals surface area contributed by atoms with Crippen molar-refractivity contribution in [3.63, 3.8) is 0 Å². The molecule has 4 heteroatoms. The molecule has 1 aliphatic rings. The minimum atomic E-state index is -0.186. The van der Waals surface area contributed by atoms with E-state index >= 15 is 0 Å². The number of ether oxygens (including phenoxy) is 2. The number of hydrogen-bond acceptors (Lipinski definition) is 4. The van der Waals surface area contributed by atoms with Crippen LogP contribution >= 0.6 is 0 Å². The molecule has 2 unspecified atom stereocenters. The Morgan fingerprint density at radius 3 is 2.60 bits per heavy atom. The lowest BCUT2D eigenvalue weighted by molar-refractivity contribution is 0.0554. The van der Waals surface area contributed by atoms with Crippen LogP contribution in [0, 0.1) is 0 Å². The molecule has 0 bridgehead atoms. The monoisotopic (exact) mass is 279 g/mol. The summed E-state index contributed by atoms with van der Waals surface area (Å²) in [6, 6.07) is 7.75. The van der Waals surface area contributed by atoms with Gasteiger partial charge in [-0.3, -0.25) is 0 Å². The normalized spacial score (nSPS) is 26.2. The van der Waals surface area contributed by atoms with Crippen LogP contribution in [0.3, 0.4) is 0 Å². The second-order valence-corrected chi connectivity index (χ2v) is 5.43. The van der Waals surface area contributed by atoms with Crippen LogP contribution in [0.5, 0.6) is 11.5 Å². The van der Waals surface area contributed by atoms with Gasteiger partial charge in [0, 0.05) is 12.0 Å². The van der Waals surface area contributed by atoms with Gasteiger partial charge in [-0.2, -0.15) is 0 Å². The van der Waals surface area contributed by atoms with Crippen molar-refractivity contribution in [1.29, 1.82) is 0 Å². The number of aliphatic hydroxyl groups is 1. The third-order valence-electron chi connectivity index (χ3n) is 4.07. The van der Waals surface area contributed by atoms with Gasteiger partial charge in [0.05, 0.1) is 13.2 Å². The zero-order valence-corrected chi connectivity index (χ0v) is 12.4. The van der Waals surface area contributed by atoms with Crippen molar-refractivity contribution in [2.75, 3.05) is 20.3 Å². The van der Waals surface area contributed by atoms with Crippen molar-refractivity contribution in [3.8, 4) is 11.5 Å². The number of benzene rings is 1. The van der Waals surface area contributed by atoms with E-state index < -0.39 is 0 Å². The maximum Gasteiger partial charge on any atom is 0.119 e. The van der Waals surface area contributed by atoms with Crippen LogP contribution in [0.4, 0.5) is 0 Å². The summed E-state index contributed by atoms with van der Waals surface area (Å²) in [7, 11) is 1.91. The highest BCUT2D eigenvalue weighted by molar-refractivity contribution is 5.31. The Hall–Kier alpha value is -1.26. The van der Waals surface area contributed by atoms with Crippen LogP contribution in [-0.4, -0.2) is 37.0 Å². The lowest BCUT2D eigenvalue weighted by Gasteiger charge is -2.39. The number of rotatable bonds is 6. The van der Waals surface area contributed by atoms with E-state index in [1.807, 2.05) is 38.2 Å². The second kappa shape index (κ2) is 6.95. The van der Waals surface area contributed by atoms with E-state index in [0.29, 0.717) is 6.61 Å². The molecule has 0 spiro atoms. The zero-order chi connectivity index (χ0) is 14.4. The molecule has 0 heterocycles. The average Bonchev–Trinajstić information content (AvgIpc) is 2.50. The number of likely N-dealkylation sites (N-methyl/N-ethyl adjacent to an activating group) is 1. The largest absolute Gasteiger partial charge is 0.494 e. The molecule has 1 aromatic carbocycles. The summed E-state index contributed by atoms with van der Waals surface area (Å²) in [4.78, 5) is 0. The molecule has 0 aromatic heterocycles. The first-order valence-corrected chi connectivity index (χ1v) is 7.40. The van der Waals surface area contributed by atoms with E-state index in [2.05, 4.69) is 5.32 Å². The summed E-state index contributed by atoms with van der Waals surface area (Å²) < 4.78 is 11.5. The molecule has 2 N–H and O–H groups in total. The van der Waals surface area contributed by atoms with Crippen LogP contribution in [0.15, 0.2) is 24.3 Å². The summed E-state index contributed by atoms with van der Waals surface area (Å²) in [5.41, 5.74) is -0.186. The number of hydrogen-bond donors (Lipinski definition) is 2. The zero-order valence-electron chi connectivity index (χ0n) is 12.4. The fraction of sp³-hybridized carbons (Fsp3) is 0.625. The smallest absolute Gasteiger partial charge is 0.119 e. The maximum atomic E-state index is 9.59. The van der Waals surface area contributed by atoms with E-state index in [1.165, 1.54) is 0 Å². The van der Waals surface area contributed by atoms with Crippen LogP contribution in [0.1, 0.15) is 32.6 Å². The Bertz CT molecular complexity index is 401. The van der Waals surface area contributed by atoms with Gasteiger partial charge in [-0.25, -0.2) is 0 Å². The molecule has 0 saturated heterocycles. The topological polar surface area (TPSA) is 50.7 Å². The first-order valence-electron chi connectivity index (χ1n) is 7.40. The van der Waals surface area contributed by atoms with E-state index in [-0.39, 0.29) is 18.2 Å². The lowest BCUT2D eigenvalue weighted by Crippen LogP contribution is -2.52. The molecule has 0 radical (unpaired) electrons. The molecule has 0 aliphatic heterocycles. The first-order chi connectivity index (χ1) is 9.71. The molecule has 2 atom stereocenters. The molecule has 1 aliphatic carbocycles. The predicted molar refractivity (Wildman–Crippen MR) is 79.4 cm³/mol. The van der Waals surface area contributed by atoms with Gasteiger partial charge in [0.25, 0.3) is 0 Å². The molecule has 20 heavy (non-hydrogen) atoms. The van der Waals surface area contributed by atoms with Gasteiger partial charge in [-0.1, -0.05) is 0 Å². The first kappa shape index (κ1) is 15.1. The van der Waals surface area contributed by atoms with Crippen molar-refractivity contribution < 1.29 is 14.6 Å². The van der Waals surface area contributed by atoms with Crippen molar-refractivity contribution in [2.24, 2.45) is 0 Å². The van der Waals surface area contributed by atoms with E-state index in [0.717, 1.165) is 37.2 Å². The van der Waals surface area contributed by atoms with Gasteiger partial charge >= 0.3 is 0 Å². The highest BCUT2D eigenvalue weighted by Crippen LogP contribution is 2.31. The molecule has 1 saturated carbocycles. The summed E-state index contributed by atoms with van der Waals surface area (Å²) in [6.07, 6.45) is 4.11. The second-order valence-electron chi connectivity index (χ2n) is 5.43.